The third-order valence-electron chi connectivity index (χ3n) is 2.45. The van der Waals surface area contributed by atoms with Crippen LogP contribution in [0.4, 0.5) is 5.69 Å². The van der Waals surface area contributed by atoms with Gasteiger partial charge in [-0.15, -0.1) is 0 Å². The molecule has 0 spiro atoms. The van der Waals surface area contributed by atoms with Crippen LogP contribution < -0.4 is 5.32 Å². The summed E-state index contributed by atoms with van der Waals surface area (Å²) >= 11 is 1.48. The Balaban J connectivity index is 2.52. The molecular formula is C14H18N2OS. The summed E-state index contributed by atoms with van der Waals surface area (Å²) in [6, 6.07) is 9.92. The average molecular weight is 262 g/mol. The number of anilines is 1. The Morgan fingerprint density at radius 3 is 2.83 bits per heavy atom. The van der Waals surface area contributed by atoms with Crippen LogP contribution in [0.15, 0.2) is 24.3 Å². The van der Waals surface area contributed by atoms with Gasteiger partial charge in [-0.05, 0) is 17.5 Å². The van der Waals surface area contributed by atoms with Crippen LogP contribution >= 0.6 is 11.8 Å². The number of carbonyl (C=O) groups is 1. The molecule has 0 aliphatic carbocycles. The summed E-state index contributed by atoms with van der Waals surface area (Å²) in [5, 5.41) is 11.3. The molecule has 1 amide bonds. The van der Waals surface area contributed by atoms with E-state index < -0.39 is 0 Å². The van der Waals surface area contributed by atoms with E-state index in [0.29, 0.717) is 23.8 Å². The standard InChI is InChI=1S/C14H18N2OS/c1-11(2)12-6-3-4-7-13(12)16-14(17)10-18-9-5-8-15/h3-4,6-7,11H,5,9-10H2,1-2H3,(H,16,17). The molecule has 0 bridgehead atoms. The number of amides is 1. The van der Waals surface area contributed by atoms with Crippen molar-refractivity contribution in [2.75, 3.05) is 16.8 Å². The van der Waals surface area contributed by atoms with Crippen LogP contribution in [0.3, 0.4) is 0 Å². The number of carbonyl (C=O) groups excluding carboxylic acids is 1. The van der Waals surface area contributed by atoms with E-state index in [-0.39, 0.29) is 5.91 Å². The van der Waals surface area contributed by atoms with Crippen LogP contribution in [-0.2, 0) is 4.79 Å². The molecule has 0 aromatic heterocycles. The molecule has 0 saturated heterocycles. The molecule has 1 rings (SSSR count). The molecule has 96 valence electrons. The van der Waals surface area contributed by atoms with Gasteiger partial charge in [0.05, 0.1) is 11.8 Å². The molecule has 0 saturated carbocycles. The SMILES string of the molecule is CC(C)c1ccccc1NC(=O)CSCCC#N. The highest BCUT2D eigenvalue weighted by Crippen LogP contribution is 2.23. The molecule has 0 aliphatic rings. The van der Waals surface area contributed by atoms with Crippen molar-refractivity contribution in [3.8, 4) is 6.07 Å². The monoisotopic (exact) mass is 262 g/mol. The Morgan fingerprint density at radius 2 is 2.17 bits per heavy atom. The molecule has 0 atom stereocenters. The van der Waals surface area contributed by atoms with Crippen LogP contribution in [0.5, 0.6) is 0 Å². The van der Waals surface area contributed by atoms with Crippen molar-refractivity contribution in [3.63, 3.8) is 0 Å². The summed E-state index contributed by atoms with van der Waals surface area (Å²) < 4.78 is 0. The summed E-state index contributed by atoms with van der Waals surface area (Å²) in [6.45, 7) is 4.21. The Morgan fingerprint density at radius 1 is 1.44 bits per heavy atom. The van der Waals surface area contributed by atoms with Crippen molar-refractivity contribution in [2.45, 2.75) is 26.2 Å². The number of thioether (sulfide) groups is 1. The predicted molar refractivity (Wildman–Crippen MR) is 76.7 cm³/mol. The van der Waals surface area contributed by atoms with E-state index in [0.717, 1.165) is 11.3 Å². The first kappa shape index (κ1) is 14.6. The van der Waals surface area contributed by atoms with Crippen molar-refractivity contribution < 1.29 is 4.79 Å². The van der Waals surface area contributed by atoms with Crippen LogP contribution in [0, 0.1) is 11.3 Å². The quantitative estimate of drug-likeness (QED) is 0.799. The molecule has 3 nitrogen and oxygen atoms in total. The van der Waals surface area contributed by atoms with Gasteiger partial charge in [-0.25, -0.2) is 0 Å². The van der Waals surface area contributed by atoms with Gasteiger partial charge in [-0.1, -0.05) is 32.0 Å². The Labute approximate surface area is 113 Å². The third-order valence-corrected chi connectivity index (χ3v) is 3.41. The van der Waals surface area contributed by atoms with Gasteiger partial charge >= 0.3 is 0 Å². The predicted octanol–water partition coefficient (Wildman–Crippen LogP) is 3.40. The normalized spacial score (nSPS) is 10.1. The Hall–Kier alpha value is -1.47. The number of nitrogens with zero attached hydrogens (tertiary/aromatic N) is 1. The largest absolute Gasteiger partial charge is 0.325 e. The molecule has 1 aromatic carbocycles. The van der Waals surface area contributed by atoms with Crippen molar-refractivity contribution in [1.29, 1.82) is 5.26 Å². The number of nitrogens with one attached hydrogen (secondary N) is 1. The zero-order valence-electron chi connectivity index (χ0n) is 10.8. The first-order valence-corrected chi connectivity index (χ1v) is 7.14. The molecule has 0 fully saturated rings. The highest BCUT2D eigenvalue weighted by Gasteiger charge is 2.08. The fourth-order valence-corrected chi connectivity index (χ4v) is 2.22. The minimum absolute atomic E-state index is 0.00830. The maximum absolute atomic E-state index is 11.7. The van der Waals surface area contributed by atoms with Crippen molar-refractivity contribution >= 4 is 23.4 Å². The number of hydrogen-bond acceptors (Lipinski definition) is 3. The van der Waals surface area contributed by atoms with Crippen molar-refractivity contribution in [1.82, 2.24) is 0 Å². The number of para-hydroxylation sites is 1. The zero-order chi connectivity index (χ0) is 13.4. The maximum atomic E-state index is 11.7. The van der Waals surface area contributed by atoms with Crippen molar-refractivity contribution in [2.24, 2.45) is 0 Å². The lowest BCUT2D eigenvalue weighted by Crippen LogP contribution is -2.15. The Kier molecular flexibility index (Phi) is 6.31. The lowest BCUT2D eigenvalue weighted by Gasteiger charge is -2.13. The molecule has 0 radical (unpaired) electrons. The second kappa shape index (κ2) is 7.78. The van der Waals surface area contributed by atoms with Crippen molar-refractivity contribution in [3.05, 3.63) is 29.8 Å². The molecule has 1 N–H and O–H groups in total. The van der Waals surface area contributed by atoms with E-state index in [9.17, 15) is 4.79 Å². The average Bonchev–Trinajstić information content (AvgIpc) is 2.35. The molecular weight excluding hydrogens is 244 g/mol. The van der Waals surface area contributed by atoms with Gasteiger partial charge in [0.2, 0.25) is 5.91 Å². The van der Waals surface area contributed by atoms with Crippen LogP contribution in [0.25, 0.3) is 0 Å². The second-order valence-corrected chi connectivity index (χ2v) is 5.36. The highest BCUT2D eigenvalue weighted by molar-refractivity contribution is 7.99. The minimum atomic E-state index is -0.00830. The fraction of sp³-hybridized carbons (Fsp3) is 0.429. The number of rotatable bonds is 6. The smallest absolute Gasteiger partial charge is 0.234 e. The van der Waals surface area contributed by atoms with Crippen LogP contribution in [-0.4, -0.2) is 17.4 Å². The fourth-order valence-electron chi connectivity index (χ4n) is 1.58. The number of benzene rings is 1. The van der Waals surface area contributed by atoms with Gasteiger partial charge in [0.1, 0.15) is 0 Å². The van der Waals surface area contributed by atoms with Gasteiger partial charge in [-0.3, -0.25) is 4.79 Å². The molecule has 1 aromatic rings. The van der Waals surface area contributed by atoms with Crippen LogP contribution in [0.1, 0.15) is 31.7 Å². The summed E-state index contributed by atoms with van der Waals surface area (Å²) in [4.78, 5) is 11.7. The lowest BCUT2D eigenvalue weighted by atomic mass is 10.0. The first-order valence-electron chi connectivity index (χ1n) is 5.98. The topological polar surface area (TPSA) is 52.9 Å². The Bertz CT molecular complexity index is 438. The van der Waals surface area contributed by atoms with Gasteiger partial charge in [-0.2, -0.15) is 17.0 Å². The second-order valence-electron chi connectivity index (χ2n) is 4.25. The minimum Gasteiger partial charge on any atom is -0.325 e. The summed E-state index contributed by atoms with van der Waals surface area (Å²) in [6.07, 6.45) is 0.487. The number of nitriles is 1. The van der Waals surface area contributed by atoms with E-state index in [1.54, 1.807) is 0 Å². The summed E-state index contributed by atoms with van der Waals surface area (Å²) in [5.41, 5.74) is 2.03. The van der Waals surface area contributed by atoms with Crippen LogP contribution in [0.2, 0.25) is 0 Å². The van der Waals surface area contributed by atoms with E-state index >= 15 is 0 Å². The summed E-state index contributed by atoms with van der Waals surface area (Å²) in [7, 11) is 0. The van der Waals surface area contributed by atoms with E-state index in [4.69, 9.17) is 5.26 Å². The summed E-state index contributed by atoms with van der Waals surface area (Å²) in [5.74, 6) is 1.47. The third kappa shape index (κ3) is 4.80. The first-order chi connectivity index (χ1) is 8.65. The maximum Gasteiger partial charge on any atom is 0.234 e. The number of hydrogen-bond donors (Lipinski definition) is 1. The van der Waals surface area contributed by atoms with Gasteiger partial charge in [0, 0.05) is 17.9 Å². The van der Waals surface area contributed by atoms with E-state index in [2.05, 4.69) is 25.2 Å². The molecule has 4 heteroatoms. The molecule has 0 unspecified atom stereocenters. The molecule has 0 heterocycles. The van der Waals surface area contributed by atoms with Gasteiger partial charge < -0.3 is 5.32 Å². The van der Waals surface area contributed by atoms with E-state index in [1.165, 1.54) is 11.8 Å². The molecule has 18 heavy (non-hydrogen) atoms. The van der Waals surface area contributed by atoms with Gasteiger partial charge in [0.15, 0.2) is 0 Å². The highest BCUT2D eigenvalue weighted by atomic mass is 32.2. The molecule has 0 aliphatic heterocycles. The van der Waals surface area contributed by atoms with Gasteiger partial charge in [0.25, 0.3) is 0 Å². The lowest BCUT2D eigenvalue weighted by molar-refractivity contribution is -0.113. The van der Waals surface area contributed by atoms with E-state index in [1.807, 2.05) is 24.3 Å². The zero-order valence-corrected chi connectivity index (χ0v) is 11.6.